The van der Waals surface area contributed by atoms with Crippen molar-refractivity contribution in [1.29, 1.82) is 0 Å². The zero-order valence-electron chi connectivity index (χ0n) is 15.1. The van der Waals surface area contributed by atoms with Gasteiger partial charge in [0, 0.05) is 25.0 Å². The number of likely N-dealkylation sites (tertiary alicyclic amines) is 1. The summed E-state index contributed by atoms with van der Waals surface area (Å²) in [7, 11) is 3.75. The van der Waals surface area contributed by atoms with Gasteiger partial charge >= 0.3 is 0 Å². The van der Waals surface area contributed by atoms with E-state index >= 15 is 0 Å². The number of rotatable bonds is 3. The fraction of sp³-hybridized carbons (Fsp3) is 0.524. The molecule has 2 bridgehead atoms. The molecule has 3 fully saturated rings. The Bertz CT molecular complexity index is 811. The fourth-order valence-electron chi connectivity index (χ4n) is 5.56. The van der Waals surface area contributed by atoms with Crippen LogP contribution >= 0.6 is 0 Å². The first-order valence-corrected chi connectivity index (χ1v) is 9.48. The van der Waals surface area contributed by atoms with Gasteiger partial charge in [0.15, 0.2) is 0 Å². The number of aliphatic hydroxyl groups excluding tert-OH is 1. The van der Waals surface area contributed by atoms with Crippen molar-refractivity contribution < 1.29 is 14.7 Å². The van der Waals surface area contributed by atoms with E-state index in [4.69, 9.17) is 0 Å². The molecule has 5 unspecified atom stereocenters. The van der Waals surface area contributed by atoms with Crippen LogP contribution in [0.5, 0.6) is 0 Å². The van der Waals surface area contributed by atoms with Crippen molar-refractivity contribution in [2.45, 2.75) is 31.5 Å². The van der Waals surface area contributed by atoms with Crippen molar-refractivity contribution in [1.82, 2.24) is 9.80 Å². The van der Waals surface area contributed by atoms with Crippen molar-refractivity contribution in [2.24, 2.45) is 23.7 Å². The molecule has 3 heterocycles. The van der Waals surface area contributed by atoms with Crippen LogP contribution in [-0.2, 0) is 16.2 Å². The maximum Gasteiger partial charge on any atom is 0.234 e. The summed E-state index contributed by atoms with van der Waals surface area (Å²) in [5.74, 6) is 0.203. The van der Waals surface area contributed by atoms with Gasteiger partial charge in [-0.25, -0.2) is 0 Å². The molecule has 5 aliphatic rings. The molecule has 1 aromatic rings. The largest absolute Gasteiger partial charge is 0.392 e. The second kappa shape index (κ2) is 5.51. The summed E-state index contributed by atoms with van der Waals surface area (Å²) in [6.45, 7) is 0.0291. The fourth-order valence-corrected chi connectivity index (χ4v) is 5.56. The van der Waals surface area contributed by atoms with E-state index in [1.165, 1.54) is 23.3 Å². The lowest BCUT2D eigenvalue weighted by Crippen LogP contribution is -2.61. The van der Waals surface area contributed by atoms with Crippen LogP contribution in [0.1, 0.15) is 24.0 Å². The molecule has 0 radical (unpaired) electrons. The van der Waals surface area contributed by atoms with E-state index in [1.54, 1.807) is 7.05 Å². The molecular formula is C21H24N2O3. The number of piperidine rings is 1. The van der Waals surface area contributed by atoms with Crippen molar-refractivity contribution >= 4 is 17.4 Å². The number of likely N-dealkylation sites (N-methyl/N-ethyl adjacent to an activating group) is 1. The van der Waals surface area contributed by atoms with E-state index < -0.39 is 0 Å². The third-order valence-corrected chi connectivity index (χ3v) is 6.97. The van der Waals surface area contributed by atoms with Crippen molar-refractivity contribution in [2.75, 3.05) is 14.1 Å². The smallest absolute Gasteiger partial charge is 0.234 e. The van der Waals surface area contributed by atoms with E-state index in [0.29, 0.717) is 12.0 Å². The second-order valence-corrected chi connectivity index (χ2v) is 8.27. The summed E-state index contributed by atoms with van der Waals surface area (Å²) in [6.07, 6.45) is 4.65. The normalized spacial score (nSPS) is 36.5. The van der Waals surface area contributed by atoms with Gasteiger partial charge in [0.25, 0.3) is 0 Å². The number of imide groups is 1. The first kappa shape index (κ1) is 16.2. The number of aliphatic hydroxyl groups is 1. The van der Waals surface area contributed by atoms with Gasteiger partial charge in [-0.1, -0.05) is 30.3 Å². The number of fused-ring (bicyclic) bond motifs is 1. The summed E-state index contributed by atoms with van der Waals surface area (Å²) in [5.41, 5.74) is 3.22. The van der Waals surface area contributed by atoms with Gasteiger partial charge < -0.3 is 5.11 Å². The van der Waals surface area contributed by atoms with Gasteiger partial charge in [-0.3, -0.25) is 19.4 Å². The Morgan fingerprint density at radius 2 is 1.65 bits per heavy atom. The molecule has 0 aromatic heterocycles. The molecule has 2 amide bonds. The van der Waals surface area contributed by atoms with Crippen molar-refractivity contribution in [3.63, 3.8) is 0 Å². The topological polar surface area (TPSA) is 60.9 Å². The number of amides is 2. The minimum Gasteiger partial charge on any atom is -0.392 e. The third kappa shape index (κ3) is 2.04. The van der Waals surface area contributed by atoms with Crippen LogP contribution in [0.2, 0.25) is 0 Å². The number of carbonyl (C=O) groups is 2. The lowest BCUT2D eigenvalue weighted by molar-refractivity contribution is -0.138. The zero-order chi connectivity index (χ0) is 18.2. The van der Waals surface area contributed by atoms with Gasteiger partial charge in [0.1, 0.15) is 0 Å². The van der Waals surface area contributed by atoms with Crippen LogP contribution < -0.4 is 0 Å². The molecule has 6 rings (SSSR count). The monoisotopic (exact) mass is 352 g/mol. The SMILES string of the molecule is CN1C(=O)C2C(C1=O)C1C=C(c3ccc(CO)cc3)C2C(C2CC2)N1C. The molecule has 2 aliphatic carbocycles. The highest BCUT2D eigenvalue weighted by molar-refractivity contribution is 6.07. The molecule has 3 aliphatic heterocycles. The average molecular weight is 352 g/mol. The molecule has 5 atom stereocenters. The van der Waals surface area contributed by atoms with E-state index in [0.717, 1.165) is 11.1 Å². The van der Waals surface area contributed by atoms with Crippen LogP contribution in [0, 0.1) is 23.7 Å². The second-order valence-electron chi connectivity index (χ2n) is 8.27. The Morgan fingerprint density at radius 3 is 2.27 bits per heavy atom. The Hall–Kier alpha value is -1.98. The van der Waals surface area contributed by atoms with Crippen LogP contribution in [0.4, 0.5) is 0 Å². The number of benzene rings is 1. The summed E-state index contributed by atoms with van der Waals surface area (Å²) in [5, 5.41) is 9.31. The molecule has 1 saturated carbocycles. The van der Waals surface area contributed by atoms with Gasteiger partial charge in [-0.15, -0.1) is 0 Å². The molecule has 1 N–H and O–H groups in total. The third-order valence-electron chi connectivity index (χ3n) is 6.97. The first-order valence-electron chi connectivity index (χ1n) is 9.48. The Kier molecular flexibility index (Phi) is 3.43. The zero-order valence-corrected chi connectivity index (χ0v) is 15.1. The highest BCUT2D eigenvalue weighted by atomic mass is 16.3. The molecule has 2 saturated heterocycles. The van der Waals surface area contributed by atoms with Gasteiger partial charge in [-0.2, -0.15) is 0 Å². The summed E-state index contributed by atoms with van der Waals surface area (Å²) >= 11 is 0. The van der Waals surface area contributed by atoms with Crippen LogP contribution in [0.3, 0.4) is 0 Å². The summed E-state index contributed by atoms with van der Waals surface area (Å²) < 4.78 is 0. The Morgan fingerprint density at radius 1 is 1.00 bits per heavy atom. The lowest BCUT2D eigenvalue weighted by atomic mass is 9.61. The molecule has 1 aromatic carbocycles. The molecule has 0 spiro atoms. The standard InChI is InChI=1S/C21H24N2O3/c1-22-15-9-14(12-5-3-11(10-24)4-6-12)16(19(22)13-7-8-13)18-17(15)20(25)23(2)21(18)26/h3-6,9,13,15-19,24H,7-8,10H2,1-2H3. The minimum atomic E-state index is -0.238. The number of hydrogen-bond donors (Lipinski definition) is 1. The minimum absolute atomic E-state index is 0.00803. The van der Waals surface area contributed by atoms with Crippen molar-refractivity contribution in [3.05, 3.63) is 41.5 Å². The van der Waals surface area contributed by atoms with E-state index in [1.807, 2.05) is 24.3 Å². The van der Waals surface area contributed by atoms with E-state index in [9.17, 15) is 14.7 Å². The highest BCUT2D eigenvalue weighted by Gasteiger charge is 2.64. The predicted octanol–water partition coefficient (Wildman–Crippen LogP) is 1.52. The van der Waals surface area contributed by atoms with Gasteiger partial charge in [-0.05, 0) is 42.5 Å². The maximum atomic E-state index is 12.9. The van der Waals surface area contributed by atoms with E-state index in [-0.39, 0.29) is 42.2 Å². The maximum absolute atomic E-state index is 12.9. The number of hydrogen-bond acceptors (Lipinski definition) is 4. The number of nitrogens with zero attached hydrogens (tertiary/aromatic N) is 2. The summed E-state index contributed by atoms with van der Waals surface area (Å²) in [6, 6.07) is 8.30. The lowest BCUT2D eigenvalue weighted by Gasteiger charge is -2.53. The average Bonchev–Trinajstić information content (AvgIpc) is 3.47. The summed E-state index contributed by atoms with van der Waals surface area (Å²) in [4.78, 5) is 29.4. The molecule has 26 heavy (non-hydrogen) atoms. The van der Waals surface area contributed by atoms with Crippen molar-refractivity contribution in [3.8, 4) is 0 Å². The van der Waals surface area contributed by atoms with E-state index in [2.05, 4.69) is 18.0 Å². The quantitative estimate of drug-likeness (QED) is 0.838. The first-order chi connectivity index (χ1) is 12.5. The van der Waals surface area contributed by atoms with Gasteiger partial charge in [0.05, 0.1) is 18.4 Å². The Labute approximate surface area is 153 Å². The van der Waals surface area contributed by atoms with Crippen LogP contribution in [0.25, 0.3) is 5.57 Å². The molecular weight excluding hydrogens is 328 g/mol. The molecule has 5 heteroatoms. The van der Waals surface area contributed by atoms with Crippen LogP contribution in [-0.4, -0.2) is 52.9 Å². The number of carbonyl (C=O) groups excluding carboxylic acids is 2. The van der Waals surface area contributed by atoms with Gasteiger partial charge in [0.2, 0.25) is 11.8 Å². The Balaban J connectivity index is 1.63. The van der Waals surface area contributed by atoms with Crippen LogP contribution in [0.15, 0.2) is 30.3 Å². The highest BCUT2D eigenvalue weighted by Crippen LogP contribution is 2.57. The molecule has 5 nitrogen and oxygen atoms in total. The predicted molar refractivity (Wildman–Crippen MR) is 96.7 cm³/mol. The molecule has 136 valence electrons.